The van der Waals surface area contributed by atoms with Crippen LogP contribution in [0.5, 0.6) is 11.8 Å². The lowest BCUT2D eigenvalue weighted by Crippen LogP contribution is -2.55. The highest BCUT2D eigenvalue weighted by Gasteiger charge is 2.35. The zero-order chi connectivity index (χ0) is 35.2. The number of anilines is 1. The molecule has 3 saturated heterocycles. The number of nitriles is 1. The van der Waals surface area contributed by atoms with Crippen LogP contribution in [0.3, 0.4) is 0 Å². The number of halogens is 1. The van der Waals surface area contributed by atoms with Crippen molar-refractivity contribution >= 4 is 45.3 Å². The fourth-order valence-corrected chi connectivity index (χ4v) is 8.51. The van der Waals surface area contributed by atoms with Gasteiger partial charge >= 0.3 is 12.1 Å². The molecule has 0 spiro atoms. The molecular formula is C37H43ClN8O5. The third-order valence-corrected chi connectivity index (χ3v) is 11.5. The van der Waals surface area contributed by atoms with Crippen LogP contribution in [0.15, 0.2) is 18.3 Å². The summed E-state index contributed by atoms with van der Waals surface area (Å²) in [6.07, 6.45) is 7.61. The van der Waals surface area contributed by atoms with Crippen LogP contribution in [0, 0.1) is 18.3 Å². The quantitative estimate of drug-likeness (QED) is 0.234. The predicted molar refractivity (Wildman–Crippen MR) is 193 cm³/mol. The zero-order valence-corrected chi connectivity index (χ0v) is 29.9. The molecule has 1 unspecified atom stereocenters. The summed E-state index contributed by atoms with van der Waals surface area (Å²) < 4.78 is 21.0. The number of likely N-dealkylation sites (N-methyl/N-ethyl adjacent to an activating group) is 1. The number of aromatic nitrogens is 4. The second kappa shape index (κ2) is 14.0. The highest BCUT2D eigenvalue weighted by molar-refractivity contribution is 6.36. The molecule has 268 valence electrons. The van der Waals surface area contributed by atoms with Gasteiger partial charge in [-0.05, 0) is 88.7 Å². The van der Waals surface area contributed by atoms with Gasteiger partial charge in [0.05, 0.1) is 52.8 Å². The molecule has 0 bridgehead atoms. The maximum absolute atomic E-state index is 12.1. The third kappa shape index (κ3) is 6.17. The lowest BCUT2D eigenvalue weighted by atomic mass is 9.89. The van der Waals surface area contributed by atoms with Crippen LogP contribution in [0.4, 0.5) is 10.6 Å². The molecule has 8 rings (SSSR count). The molecule has 2 aromatic heterocycles. The number of aryl methyl sites for hydroxylation is 1. The fourth-order valence-electron chi connectivity index (χ4n) is 8.25. The van der Waals surface area contributed by atoms with E-state index in [9.17, 15) is 15.2 Å². The molecule has 3 fully saturated rings. The minimum absolute atomic E-state index is 0.0728. The zero-order valence-electron chi connectivity index (χ0n) is 29.1. The molecule has 51 heavy (non-hydrogen) atoms. The Labute approximate surface area is 301 Å². The molecule has 13 nitrogen and oxygen atoms in total. The Morgan fingerprint density at radius 1 is 1.12 bits per heavy atom. The minimum atomic E-state index is -1.03. The maximum atomic E-state index is 12.1. The van der Waals surface area contributed by atoms with Gasteiger partial charge in [-0.2, -0.15) is 20.3 Å². The molecule has 14 heteroatoms. The SMILES string of the molecule is Cc1cc2c(cnn2C2CCCCO2)c(-c2cc3nc(OC[C@@H]4CCCN4C)nc(N4CCN(C(=O)O)[C@@H](CC#N)C4)c3c3c2CCCO3)c1Cl. The Hall–Kier alpha value is -4.38. The van der Waals surface area contributed by atoms with Crippen LogP contribution in [-0.2, 0) is 11.2 Å². The number of piperazine rings is 1. The van der Waals surface area contributed by atoms with Gasteiger partial charge in [-0.1, -0.05) is 11.6 Å². The van der Waals surface area contributed by atoms with Crippen molar-refractivity contribution in [3.63, 3.8) is 0 Å². The largest absolute Gasteiger partial charge is 0.492 e. The lowest BCUT2D eigenvalue weighted by molar-refractivity contribution is -0.0366. The number of carbonyl (C=O) groups is 1. The van der Waals surface area contributed by atoms with Crippen LogP contribution in [0.2, 0.25) is 5.02 Å². The van der Waals surface area contributed by atoms with Crippen molar-refractivity contribution in [3.05, 3.63) is 34.5 Å². The van der Waals surface area contributed by atoms with Gasteiger partial charge in [0.25, 0.3) is 0 Å². The van der Waals surface area contributed by atoms with Crippen molar-refractivity contribution in [3.8, 4) is 29.0 Å². The molecule has 4 aliphatic heterocycles. The highest BCUT2D eigenvalue weighted by Crippen LogP contribution is 2.48. The number of benzene rings is 2. The number of amides is 1. The summed E-state index contributed by atoms with van der Waals surface area (Å²) in [5.41, 5.74) is 5.40. The second-order valence-corrected chi connectivity index (χ2v) is 14.5. The average Bonchev–Trinajstić information content (AvgIpc) is 3.76. The summed E-state index contributed by atoms with van der Waals surface area (Å²) in [6.45, 7) is 5.69. The summed E-state index contributed by atoms with van der Waals surface area (Å²) in [4.78, 5) is 27.8. The molecule has 1 amide bonds. The summed E-state index contributed by atoms with van der Waals surface area (Å²) in [6, 6.07) is 6.35. The van der Waals surface area contributed by atoms with Crippen LogP contribution >= 0.6 is 11.6 Å². The van der Waals surface area contributed by atoms with E-state index in [1.54, 1.807) is 0 Å². The van der Waals surface area contributed by atoms with Crippen molar-refractivity contribution in [2.75, 3.05) is 57.9 Å². The van der Waals surface area contributed by atoms with E-state index < -0.39 is 12.1 Å². The van der Waals surface area contributed by atoms with Crippen LogP contribution in [-0.4, -0.2) is 106 Å². The first-order valence-corrected chi connectivity index (χ1v) is 18.4. The van der Waals surface area contributed by atoms with Crippen LogP contribution in [0.25, 0.3) is 32.9 Å². The molecule has 4 aliphatic rings. The normalized spacial score (nSPS) is 22.6. The molecule has 1 N–H and O–H groups in total. The number of hydrogen-bond acceptors (Lipinski definition) is 10. The summed E-state index contributed by atoms with van der Waals surface area (Å²) >= 11 is 7.24. The van der Waals surface area contributed by atoms with Crippen LogP contribution < -0.4 is 14.4 Å². The summed E-state index contributed by atoms with van der Waals surface area (Å²) in [5.74, 6) is 1.33. The van der Waals surface area contributed by atoms with Crippen molar-refractivity contribution < 1.29 is 24.1 Å². The predicted octanol–water partition coefficient (Wildman–Crippen LogP) is 6.19. The van der Waals surface area contributed by atoms with Crippen molar-refractivity contribution in [2.24, 2.45) is 0 Å². The lowest BCUT2D eigenvalue weighted by Gasteiger charge is -2.40. The first-order valence-electron chi connectivity index (χ1n) is 18.1. The molecule has 4 aromatic rings. The Morgan fingerprint density at radius 2 is 2.00 bits per heavy atom. The number of ether oxygens (including phenoxy) is 3. The van der Waals surface area contributed by atoms with E-state index >= 15 is 0 Å². The van der Waals surface area contributed by atoms with E-state index in [4.69, 9.17) is 40.9 Å². The number of rotatable bonds is 7. The number of hydrogen-bond donors (Lipinski definition) is 1. The van der Waals surface area contributed by atoms with E-state index in [-0.39, 0.29) is 31.2 Å². The highest BCUT2D eigenvalue weighted by atomic mass is 35.5. The molecule has 6 heterocycles. The van der Waals surface area contributed by atoms with Crippen LogP contribution in [0.1, 0.15) is 62.3 Å². The summed E-state index contributed by atoms with van der Waals surface area (Å²) in [5, 5.41) is 26.7. The minimum Gasteiger partial charge on any atom is -0.492 e. The van der Waals surface area contributed by atoms with Gasteiger partial charge in [0, 0.05) is 48.8 Å². The van der Waals surface area contributed by atoms with Crippen molar-refractivity contribution in [2.45, 2.75) is 76.6 Å². The molecule has 0 saturated carbocycles. The molecule has 0 radical (unpaired) electrons. The van der Waals surface area contributed by atoms with E-state index in [0.29, 0.717) is 55.0 Å². The second-order valence-electron chi connectivity index (χ2n) is 14.2. The number of fused-ring (bicyclic) bond motifs is 4. The fraction of sp³-hybridized carbons (Fsp3) is 0.541. The van der Waals surface area contributed by atoms with E-state index in [1.165, 1.54) is 4.90 Å². The summed E-state index contributed by atoms with van der Waals surface area (Å²) in [7, 11) is 2.11. The average molecular weight is 715 g/mol. The Morgan fingerprint density at radius 3 is 2.76 bits per heavy atom. The monoisotopic (exact) mass is 714 g/mol. The number of likely N-dealkylation sites (tertiary alicyclic amines) is 1. The molecule has 0 aliphatic carbocycles. The van der Waals surface area contributed by atoms with E-state index in [2.05, 4.69) is 35.0 Å². The standard InChI is InChI=1S/C37H43ClN8O5/c1-22-17-29-27(19-40-46(29)30-9-3-4-15-49-30)31(33(22)38)26-18-28-32(34-25(26)8-6-16-50-34)35(42-36(41-28)51-21-24-7-5-12-43(24)2)44-13-14-45(37(47)48)23(20-44)10-11-39/h17-19,23-24,30H,3-10,12-16,20-21H2,1-2H3,(H,47,48)/t23-,24-,30?/m0/s1. The first-order chi connectivity index (χ1) is 24.8. The molecule has 3 atom stereocenters. The van der Waals surface area contributed by atoms with Crippen molar-refractivity contribution in [1.82, 2.24) is 29.5 Å². The van der Waals surface area contributed by atoms with Gasteiger partial charge in [-0.25, -0.2) is 9.48 Å². The van der Waals surface area contributed by atoms with E-state index in [0.717, 1.165) is 90.0 Å². The van der Waals surface area contributed by atoms with Gasteiger partial charge < -0.3 is 34.0 Å². The van der Waals surface area contributed by atoms with Gasteiger partial charge in [0.2, 0.25) is 0 Å². The topological polar surface area (TPSA) is 142 Å². The first kappa shape index (κ1) is 33.7. The Bertz CT molecular complexity index is 2020. The van der Waals surface area contributed by atoms with Crippen molar-refractivity contribution in [1.29, 1.82) is 5.26 Å². The Balaban J connectivity index is 1.30. The molecule has 2 aromatic carbocycles. The third-order valence-electron chi connectivity index (χ3n) is 11.0. The molecular weight excluding hydrogens is 672 g/mol. The van der Waals surface area contributed by atoms with Gasteiger partial charge in [0.15, 0.2) is 6.23 Å². The number of carboxylic acid groups (broad SMARTS) is 1. The number of nitrogens with zero attached hydrogens (tertiary/aromatic N) is 8. The van der Waals surface area contributed by atoms with E-state index in [1.807, 2.05) is 17.8 Å². The van der Waals surface area contributed by atoms with Gasteiger partial charge in [-0.3, -0.25) is 0 Å². The Kier molecular flexibility index (Phi) is 9.25. The van der Waals surface area contributed by atoms with Gasteiger partial charge in [-0.15, -0.1) is 0 Å². The maximum Gasteiger partial charge on any atom is 0.407 e. The van der Waals surface area contributed by atoms with Gasteiger partial charge in [0.1, 0.15) is 18.2 Å². The smallest absolute Gasteiger partial charge is 0.407 e.